The number of hydrogen-bond acceptors (Lipinski definition) is 3. The van der Waals surface area contributed by atoms with E-state index in [0.717, 1.165) is 45.1 Å². The van der Waals surface area contributed by atoms with Gasteiger partial charge in [0.1, 0.15) is 0 Å². The van der Waals surface area contributed by atoms with E-state index in [2.05, 4.69) is 23.6 Å². The molecule has 3 rings (SSSR count). The molecule has 3 fully saturated rings. The maximum absolute atomic E-state index is 12.6. The first-order valence-corrected chi connectivity index (χ1v) is 8.30. The maximum atomic E-state index is 12.6. The van der Waals surface area contributed by atoms with Crippen LogP contribution in [0.3, 0.4) is 0 Å². The zero-order chi connectivity index (χ0) is 14.1. The van der Waals surface area contributed by atoms with Crippen LogP contribution in [-0.2, 0) is 9.53 Å². The summed E-state index contributed by atoms with van der Waals surface area (Å²) in [7, 11) is 0. The van der Waals surface area contributed by atoms with E-state index in [-0.39, 0.29) is 18.1 Å². The predicted molar refractivity (Wildman–Crippen MR) is 78.5 cm³/mol. The Bertz CT molecular complexity index is 352. The second-order valence-electron chi connectivity index (χ2n) is 7.11. The minimum Gasteiger partial charge on any atom is -0.371 e. The summed E-state index contributed by atoms with van der Waals surface area (Å²) < 4.78 is 6.04. The van der Waals surface area contributed by atoms with Crippen LogP contribution in [0.15, 0.2) is 0 Å². The first-order valence-electron chi connectivity index (χ1n) is 8.30. The van der Waals surface area contributed by atoms with E-state index in [1.807, 2.05) is 0 Å². The molecule has 0 spiro atoms. The van der Waals surface area contributed by atoms with Crippen molar-refractivity contribution in [1.29, 1.82) is 0 Å². The van der Waals surface area contributed by atoms with E-state index in [0.29, 0.717) is 5.91 Å². The van der Waals surface area contributed by atoms with Gasteiger partial charge in [-0.05, 0) is 38.1 Å². The zero-order valence-electron chi connectivity index (χ0n) is 12.9. The lowest BCUT2D eigenvalue weighted by Gasteiger charge is -2.33. The molecule has 0 aromatic carbocycles. The number of rotatable bonds is 4. The highest BCUT2D eigenvalue weighted by atomic mass is 16.5. The lowest BCUT2D eigenvalue weighted by atomic mass is 9.99. The second-order valence-corrected chi connectivity index (χ2v) is 7.11. The molecule has 3 heterocycles. The Balaban J connectivity index is 1.56. The summed E-state index contributed by atoms with van der Waals surface area (Å²) >= 11 is 0. The lowest BCUT2D eigenvalue weighted by molar-refractivity contribution is -0.137. The monoisotopic (exact) mass is 280 g/mol. The molecule has 0 radical (unpaired) electrons. The van der Waals surface area contributed by atoms with Gasteiger partial charge in [0.05, 0.1) is 18.1 Å². The molecule has 3 aliphatic rings. The minimum atomic E-state index is 0.127. The van der Waals surface area contributed by atoms with Gasteiger partial charge in [0.25, 0.3) is 0 Å². The molecule has 3 atom stereocenters. The molecule has 0 saturated carbocycles. The van der Waals surface area contributed by atoms with Gasteiger partial charge in [-0.1, -0.05) is 13.8 Å². The first kappa shape index (κ1) is 14.3. The molecule has 2 bridgehead atoms. The summed E-state index contributed by atoms with van der Waals surface area (Å²) in [6.45, 7) is 9.59. The fraction of sp³-hybridized carbons (Fsp3) is 0.938. The summed E-state index contributed by atoms with van der Waals surface area (Å²) in [5.74, 6) is 1.24. The molecule has 0 N–H and O–H groups in total. The van der Waals surface area contributed by atoms with Crippen molar-refractivity contribution in [1.82, 2.24) is 9.80 Å². The Morgan fingerprint density at radius 1 is 1.25 bits per heavy atom. The molecule has 1 amide bonds. The maximum Gasteiger partial charge on any atom is 0.228 e. The van der Waals surface area contributed by atoms with Crippen molar-refractivity contribution in [2.75, 3.05) is 32.7 Å². The number of likely N-dealkylation sites (tertiary alicyclic amines) is 2. The van der Waals surface area contributed by atoms with Crippen molar-refractivity contribution in [3.05, 3.63) is 0 Å². The summed E-state index contributed by atoms with van der Waals surface area (Å²) in [5, 5.41) is 0. The molecule has 4 nitrogen and oxygen atoms in total. The van der Waals surface area contributed by atoms with Gasteiger partial charge in [0.15, 0.2) is 0 Å². The summed E-state index contributed by atoms with van der Waals surface area (Å²) in [4.78, 5) is 17.2. The Hall–Kier alpha value is -0.610. The Morgan fingerprint density at radius 2 is 2.00 bits per heavy atom. The Kier molecular flexibility index (Phi) is 4.32. The molecule has 0 aromatic rings. The molecule has 3 aliphatic heterocycles. The van der Waals surface area contributed by atoms with E-state index in [9.17, 15) is 4.79 Å². The van der Waals surface area contributed by atoms with Gasteiger partial charge >= 0.3 is 0 Å². The van der Waals surface area contributed by atoms with Crippen LogP contribution in [0.5, 0.6) is 0 Å². The van der Waals surface area contributed by atoms with Crippen molar-refractivity contribution in [3.8, 4) is 0 Å². The summed E-state index contributed by atoms with van der Waals surface area (Å²) in [6, 6.07) is 0. The third-order valence-electron chi connectivity index (χ3n) is 4.99. The molecule has 0 aromatic heterocycles. The number of ether oxygens (including phenoxy) is 1. The summed E-state index contributed by atoms with van der Waals surface area (Å²) in [6.07, 6.45) is 4.97. The molecular formula is C16H28N2O2. The molecule has 20 heavy (non-hydrogen) atoms. The second kappa shape index (κ2) is 6.02. The van der Waals surface area contributed by atoms with Crippen LogP contribution in [0.25, 0.3) is 0 Å². The number of hydrogen-bond donors (Lipinski definition) is 0. The normalized spacial score (nSPS) is 34.1. The number of morpholine rings is 1. The molecule has 0 unspecified atom stereocenters. The molecule has 3 saturated heterocycles. The first-order chi connectivity index (χ1) is 9.63. The molecule has 114 valence electrons. The highest BCUT2D eigenvalue weighted by Crippen LogP contribution is 2.34. The zero-order valence-corrected chi connectivity index (χ0v) is 12.9. The van der Waals surface area contributed by atoms with Gasteiger partial charge in [-0.3, -0.25) is 9.69 Å². The van der Waals surface area contributed by atoms with Gasteiger partial charge in [-0.25, -0.2) is 0 Å². The van der Waals surface area contributed by atoms with Gasteiger partial charge in [0, 0.05) is 26.2 Å². The topological polar surface area (TPSA) is 32.8 Å². The number of fused-ring (bicyclic) bond motifs is 2. The fourth-order valence-corrected chi connectivity index (χ4v) is 3.79. The van der Waals surface area contributed by atoms with Crippen molar-refractivity contribution >= 4 is 5.91 Å². The van der Waals surface area contributed by atoms with Crippen molar-refractivity contribution in [3.63, 3.8) is 0 Å². The quantitative estimate of drug-likeness (QED) is 0.786. The van der Waals surface area contributed by atoms with Crippen LogP contribution in [0.2, 0.25) is 0 Å². The average Bonchev–Trinajstić information content (AvgIpc) is 3.04. The van der Waals surface area contributed by atoms with Crippen LogP contribution in [0.1, 0.15) is 39.5 Å². The predicted octanol–water partition coefficient (Wildman–Crippen LogP) is 1.74. The highest BCUT2D eigenvalue weighted by Gasteiger charge is 2.45. The van der Waals surface area contributed by atoms with Crippen molar-refractivity contribution in [2.45, 2.75) is 51.7 Å². The Morgan fingerprint density at radius 3 is 2.70 bits per heavy atom. The molecule has 0 aliphatic carbocycles. The third kappa shape index (κ3) is 3.01. The smallest absolute Gasteiger partial charge is 0.228 e. The van der Waals surface area contributed by atoms with E-state index >= 15 is 0 Å². The van der Waals surface area contributed by atoms with E-state index in [4.69, 9.17) is 4.74 Å². The van der Waals surface area contributed by atoms with Crippen LogP contribution in [-0.4, -0.2) is 60.6 Å². The van der Waals surface area contributed by atoms with E-state index in [1.54, 1.807) is 0 Å². The van der Waals surface area contributed by atoms with Crippen molar-refractivity contribution in [2.24, 2.45) is 11.8 Å². The van der Waals surface area contributed by atoms with Gasteiger partial charge < -0.3 is 9.64 Å². The lowest BCUT2D eigenvalue weighted by Crippen LogP contribution is -2.46. The number of carbonyl (C=O) groups excluding carboxylic acids is 1. The van der Waals surface area contributed by atoms with Crippen LogP contribution >= 0.6 is 0 Å². The van der Waals surface area contributed by atoms with E-state index < -0.39 is 0 Å². The standard InChI is InChI=1S/C16H28N2O2/c1-12(2)5-8-17-10-13-9-14(15(11-17)20-13)16(19)18-6-3-4-7-18/h12-15H,3-11H2,1-2H3/t13-,14-,15-/m0/s1. The van der Waals surface area contributed by atoms with Crippen LogP contribution in [0, 0.1) is 11.8 Å². The molecular weight excluding hydrogens is 252 g/mol. The van der Waals surface area contributed by atoms with Gasteiger partial charge in [0.2, 0.25) is 5.91 Å². The van der Waals surface area contributed by atoms with Crippen LogP contribution < -0.4 is 0 Å². The van der Waals surface area contributed by atoms with Crippen molar-refractivity contribution < 1.29 is 9.53 Å². The number of amides is 1. The highest BCUT2D eigenvalue weighted by molar-refractivity contribution is 5.80. The number of carbonyl (C=O) groups is 1. The largest absolute Gasteiger partial charge is 0.371 e. The van der Waals surface area contributed by atoms with Crippen LogP contribution in [0.4, 0.5) is 0 Å². The fourth-order valence-electron chi connectivity index (χ4n) is 3.79. The average molecular weight is 280 g/mol. The third-order valence-corrected chi connectivity index (χ3v) is 4.99. The molecule has 4 heteroatoms. The Labute approximate surface area is 122 Å². The van der Waals surface area contributed by atoms with Gasteiger partial charge in [-0.2, -0.15) is 0 Å². The SMILES string of the molecule is CC(C)CCN1C[C@@H]2C[C@H](C(=O)N3CCCC3)[C@H](C1)O2. The minimum absolute atomic E-state index is 0.127. The number of nitrogens with zero attached hydrogens (tertiary/aromatic N) is 2. The van der Waals surface area contributed by atoms with Gasteiger partial charge in [-0.15, -0.1) is 0 Å². The van der Waals surface area contributed by atoms with E-state index in [1.165, 1.54) is 19.3 Å². The summed E-state index contributed by atoms with van der Waals surface area (Å²) in [5.41, 5.74) is 0.